The van der Waals surface area contributed by atoms with Gasteiger partial charge in [-0.1, -0.05) is 0 Å². The number of carboxylic acid groups (broad SMARTS) is 1. The summed E-state index contributed by atoms with van der Waals surface area (Å²) in [6.07, 6.45) is 3.00. The summed E-state index contributed by atoms with van der Waals surface area (Å²) in [5, 5.41) is 10.3. The van der Waals surface area contributed by atoms with Gasteiger partial charge in [-0.15, -0.1) is 0 Å². The first-order valence-corrected chi connectivity index (χ1v) is 7.73. The van der Waals surface area contributed by atoms with Crippen LogP contribution in [0.1, 0.15) is 47.4 Å². The van der Waals surface area contributed by atoms with Crippen molar-refractivity contribution in [3.05, 3.63) is 35.0 Å². The maximum Gasteiger partial charge on any atom is 0.335 e. The Hall–Kier alpha value is -2.30. The number of fused-ring (bicyclic) bond motifs is 3. The number of carboxylic acids is 1. The van der Waals surface area contributed by atoms with Gasteiger partial charge in [-0.3, -0.25) is 4.79 Å². The minimum absolute atomic E-state index is 0.126. The highest BCUT2D eigenvalue weighted by Gasteiger charge is 2.35. The molecule has 0 saturated carbocycles. The molecule has 0 fully saturated rings. The van der Waals surface area contributed by atoms with Gasteiger partial charge in [0, 0.05) is 36.6 Å². The largest absolute Gasteiger partial charge is 0.478 e. The number of aromatic nitrogens is 1. The van der Waals surface area contributed by atoms with Gasteiger partial charge in [0.15, 0.2) is 0 Å². The highest BCUT2D eigenvalue weighted by atomic mass is 16.4. The van der Waals surface area contributed by atoms with Gasteiger partial charge in [0.2, 0.25) is 5.91 Å². The summed E-state index contributed by atoms with van der Waals surface area (Å²) in [6, 6.07) is 5.53. The average molecular weight is 298 g/mol. The van der Waals surface area contributed by atoms with Crippen LogP contribution in [-0.4, -0.2) is 33.0 Å². The van der Waals surface area contributed by atoms with E-state index in [1.165, 1.54) is 11.3 Å². The molecule has 5 nitrogen and oxygen atoms in total. The molecular weight excluding hydrogens is 280 g/mol. The van der Waals surface area contributed by atoms with E-state index in [1.807, 2.05) is 11.0 Å². The van der Waals surface area contributed by atoms with E-state index in [-0.39, 0.29) is 11.9 Å². The Morgan fingerprint density at radius 1 is 1.27 bits per heavy atom. The Morgan fingerprint density at radius 3 is 2.82 bits per heavy atom. The molecule has 5 heteroatoms. The lowest BCUT2D eigenvalue weighted by Gasteiger charge is -2.39. The lowest BCUT2D eigenvalue weighted by Crippen LogP contribution is -2.42. The van der Waals surface area contributed by atoms with Crippen molar-refractivity contribution in [2.45, 2.75) is 38.8 Å². The SMILES string of the molecule is CC(=O)N1CCn2c3c(c4cc(C(=O)O)ccc42)CCC[C@H]31. The third kappa shape index (κ3) is 1.71. The molecule has 0 spiro atoms. The zero-order chi connectivity index (χ0) is 15.4. The van der Waals surface area contributed by atoms with Crippen LogP contribution in [0.3, 0.4) is 0 Å². The van der Waals surface area contributed by atoms with Gasteiger partial charge < -0.3 is 14.6 Å². The highest BCUT2D eigenvalue weighted by Crippen LogP contribution is 2.42. The average Bonchev–Trinajstić information content (AvgIpc) is 2.83. The second-order valence-corrected chi connectivity index (χ2v) is 6.17. The van der Waals surface area contributed by atoms with Crippen LogP contribution in [-0.2, 0) is 17.8 Å². The third-order valence-corrected chi connectivity index (χ3v) is 5.02. The predicted molar refractivity (Wildman–Crippen MR) is 82.0 cm³/mol. The summed E-state index contributed by atoms with van der Waals surface area (Å²) in [6.45, 7) is 3.15. The van der Waals surface area contributed by atoms with Crippen molar-refractivity contribution in [2.75, 3.05) is 6.54 Å². The van der Waals surface area contributed by atoms with E-state index in [9.17, 15) is 14.7 Å². The van der Waals surface area contributed by atoms with E-state index in [4.69, 9.17) is 0 Å². The molecule has 1 aromatic carbocycles. The van der Waals surface area contributed by atoms with Crippen LogP contribution in [0.15, 0.2) is 18.2 Å². The van der Waals surface area contributed by atoms with Crippen LogP contribution in [0.2, 0.25) is 0 Å². The second-order valence-electron chi connectivity index (χ2n) is 6.17. The molecule has 1 aliphatic carbocycles. The predicted octanol–water partition coefficient (Wildman–Crippen LogP) is 2.58. The monoisotopic (exact) mass is 298 g/mol. The van der Waals surface area contributed by atoms with E-state index in [0.29, 0.717) is 5.56 Å². The molecule has 2 aliphatic rings. The van der Waals surface area contributed by atoms with Gasteiger partial charge in [0.1, 0.15) is 0 Å². The maximum atomic E-state index is 11.9. The number of hydrogen-bond donors (Lipinski definition) is 1. The number of rotatable bonds is 1. The summed E-state index contributed by atoms with van der Waals surface area (Å²) in [5.74, 6) is -0.767. The molecule has 1 atom stereocenters. The smallest absolute Gasteiger partial charge is 0.335 e. The van der Waals surface area contributed by atoms with Crippen molar-refractivity contribution in [3.8, 4) is 0 Å². The molecule has 2 heterocycles. The molecule has 114 valence electrons. The van der Waals surface area contributed by atoms with Crippen molar-refractivity contribution >= 4 is 22.8 Å². The summed E-state index contributed by atoms with van der Waals surface area (Å²) in [7, 11) is 0. The quantitative estimate of drug-likeness (QED) is 0.880. The number of benzene rings is 1. The van der Waals surface area contributed by atoms with Gasteiger partial charge in [0.05, 0.1) is 11.6 Å². The van der Waals surface area contributed by atoms with Gasteiger partial charge >= 0.3 is 5.97 Å². The molecular formula is C17H18N2O3. The molecule has 0 radical (unpaired) electrons. The Morgan fingerprint density at radius 2 is 2.09 bits per heavy atom. The molecule has 1 aliphatic heterocycles. The number of aryl methyl sites for hydroxylation is 1. The second kappa shape index (κ2) is 4.60. The highest BCUT2D eigenvalue weighted by molar-refractivity contribution is 5.96. The normalized spacial score (nSPS) is 20.0. The number of carbonyl (C=O) groups excluding carboxylic acids is 1. The number of hydrogen-bond acceptors (Lipinski definition) is 2. The molecule has 1 amide bonds. The first kappa shape index (κ1) is 13.4. The Kier molecular flexibility index (Phi) is 2.79. The first-order valence-electron chi connectivity index (χ1n) is 7.73. The van der Waals surface area contributed by atoms with Gasteiger partial charge in [0.25, 0.3) is 0 Å². The van der Waals surface area contributed by atoms with E-state index in [0.717, 1.165) is 43.3 Å². The van der Waals surface area contributed by atoms with Crippen molar-refractivity contribution in [2.24, 2.45) is 0 Å². The fourth-order valence-electron chi connectivity index (χ4n) is 4.11. The molecule has 4 rings (SSSR count). The molecule has 0 unspecified atom stereocenters. The molecule has 1 aromatic heterocycles. The van der Waals surface area contributed by atoms with Gasteiger partial charge in [-0.05, 0) is 43.0 Å². The first-order chi connectivity index (χ1) is 10.6. The summed E-state index contributed by atoms with van der Waals surface area (Å²) in [5.41, 5.74) is 3.90. The Labute approximate surface area is 128 Å². The Bertz CT molecular complexity index is 806. The molecule has 22 heavy (non-hydrogen) atoms. The number of amides is 1. The zero-order valence-corrected chi connectivity index (χ0v) is 12.5. The van der Waals surface area contributed by atoms with Crippen molar-refractivity contribution in [1.82, 2.24) is 9.47 Å². The van der Waals surface area contributed by atoms with Crippen LogP contribution in [0, 0.1) is 0 Å². The summed E-state index contributed by atoms with van der Waals surface area (Å²) in [4.78, 5) is 25.1. The van der Waals surface area contributed by atoms with E-state index >= 15 is 0 Å². The van der Waals surface area contributed by atoms with Crippen molar-refractivity contribution < 1.29 is 14.7 Å². The van der Waals surface area contributed by atoms with Crippen molar-refractivity contribution in [1.29, 1.82) is 0 Å². The lowest BCUT2D eigenvalue weighted by atomic mass is 9.89. The molecule has 0 bridgehead atoms. The Balaban J connectivity index is 1.97. The lowest BCUT2D eigenvalue weighted by molar-refractivity contribution is -0.132. The molecule has 1 N–H and O–H groups in total. The summed E-state index contributed by atoms with van der Waals surface area (Å²) < 4.78 is 2.29. The van der Waals surface area contributed by atoms with Crippen LogP contribution in [0.5, 0.6) is 0 Å². The fraction of sp³-hybridized carbons (Fsp3) is 0.412. The fourth-order valence-corrected chi connectivity index (χ4v) is 4.11. The topological polar surface area (TPSA) is 62.5 Å². The van der Waals surface area contributed by atoms with Crippen LogP contribution >= 0.6 is 0 Å². The molecule has 0 saturated heterocycles. The van der Waals surface area contributed by atoms with Crippen LogP contribution < -0.4 is 0 Å². The number of aromatic carboxylic acids is 1. The van der Waals surface area contributed by atoms with Crippen molar-refractivity contribution in [3.63, 3.8) is 0 Å². The van der Waals surface area contributed by atoms with E-state index in [2.05, 4.69) is 4.57 Å². The minimum Gasteiger partial charge on any atom is -0.478 e. The standard InChI is InChI=1S/C17H18N2O3/c1-10(20)18-7-8-19-14-6-5-11(17(21)22)9-13(14)12-3-2-4-15(18)16(12)19/h5-6,9,15H,2-4,7-8H2,1H3,(H,21,22)/t15-/m1/s1. The van der Waals surface area contributed by atoms with Crippen LogP contribution in [0.4, 0.5) is 0 Å². The maximum absolute atomic E-state index is 11.9. The van der Waals surface area contributed by atoms with Crippen LogP contribution in [0.25, 0.3) is 10.9 Å². The number of nitrogens with zero attached hydrogens (tertiary/aromatic N) is 2. The minimum atomic E-state index is -0.893. The molecule has 2 aromatic rings. The van der Waals surface area contributed by atoms with E-state index in [1.54, 1.807) is 19.1 Å². The van der Waals surface area contributed by atoms with Gasteiger partial charge in [-0.25, -0.2) is 4.79 Å². The third-order valence-electron chi connectivity index (χ3n) is 5.02. The van der Waals surface area contributed by atoms with E-state index < -0.39 is 5.97 Å². The number of carbonyl (C=O) groups is 2. The van der Waals surface area contributed by atoms with Gasteiger partial charge in [-0.2, -0.15) is 0 Å². The zero-order valence-electron chi connectivity index (χ0n) is 12.5. The summed E-state index contributed by atoms with van der Waals surface area (Å²) >= 11 is 0.